The van der Waals surface area contributed by atoms with Gasteiger partial charge in [-0.05, 0) is 47.4 Å². The number of fused-ring (bicyclic) bond motifs is 1. The van der Waals surface area contributed by atoms with Gasteiger partial charge >= 0.3 is 0 Å². The van der Waals surface area contributed by atoms with E-state index in [0.29, 0.717) is 22.1 Å². The van der Waals surface area contributed by atoms with Crippen LogP contribution in [0.3, 0.4) is 0 Å². The first kappa shape index (κ1) is 20.5. The molecule has 8 heteroatoms. The fraction of sp³-hybridized carbons (Fsp3) is 0.350. The molecule has 2 aromatic rings. The van der Waals surface area contributed by atoms with Crippen molar-refractivity contribution in [3.8, 4) is 5.75 Å². The fourth-order valence-electron chi connectivity index (χ4n) is 2.92. The normalized spacial score (nSPS) is 16.9. The number of ether oxygens (including phenoxy) is 1. The summed E-state index contributed by atoms with van der Waals surface area (Å²) in [6, 6.07) is 12.1. The van der Waals surface area contributed by atoms with Gasteiger partial charge in [0.2, 0.25) is 10.0 Å². The highest BCUT2D eigenvalue weighted by Crippen LogP contribution is 2.38. The maximum Gasteiger partial charge on any atom is 0.267 e. The summed E-state index contributed by atoms with van der Waals surface area (Å²) in [4.78, 5) is 12.7. The van der Waals surface area contributed by atoms with Crippen molar-refractivity contribution < 1.29 is 17.9 Å². The van der Waals surface area contributed by atoms with Gasteiger partial charge in [0.15, 0.2) is 6.10 Å². The lowest BCUT2D eigenvalue weighted by Crippen LogP contribution is -2.48. The molecule has 150 valence electrons. The Morgan fingerprint density at radius 3 is 2.39 bits per heavy atom. The zero-order valence-electron chi connectivity index (χ0n) is 16.2. The number of amides is 1. The summed E-state index contributed by atoms with van der Waals surface area (Å²) in [7, 11) is -3.59. The maximum absolute atomic E-state index is 12.7. The third-order valence-electron chi connectivity index (χ3n) is 4.50. The van der Waals surface area contributed by atoms with E-state index in [1.54, 1.807) is 30.3 Å². The van der Waals surface area contributed by atoms with E-state index < -0.39 is 22.0 Å². The molecule has 0 radical (unpaired) electrons. The molecule has 1 atom stereocenters. The Morgan fingerprint density at radius 2 is 1.82 bits per heavy atom. The minimum absolute atomic E-state index is 0.0984. The average Bonchev–Trinajstić information content (AvgIpc) is 2.60. The molecule has 0 saturated heterocycles. The number of rotatable bonds is 3. The second-order valence-electron chi connectivity index (χ2n) is 7.83. The van der Waals surface area contributed by atoms with Crippen molar-refractivity contribution in [1.82, 2.24) is 0 Å². The van der Waals surface area contributed by atoms with E-state index in [2.05, 4.69) is 5.32 Å². The molecule has 0 bridgehead atoms. The molecule has 1 N–H and O–H groups in total. The molecule has 6 nitrogen and oxygen atoms in total. The van der Waals surface area contributed by atoms with E-state index in [9.17, 15) is 13.2 Å². The van der Waals surface area contributed by atoms with Gasteiger partial charge in [-0.15, -0.1) is 0 Å². The number of nitrogens with zero attached hydrogens (tertiary/aromatic N) is 1. The number of nitrogens with one attached hydrogen (secondary N) is 1. The molecule has 0 unspecified atom stereocenters. The summed E-state index contributed by atoms with van der Waals surface area (Å²) in [6.45, 7) is 6.04. The largest absolute Gasteiger partial charge is 0.476 e. The monoisotopic (exact) mass is 422 g/mol. The first-order valence-corrected chi connectivity index (χ1v) is 11.0. The van der Waals surface area contributed by atoms with Crippen LogP contribution in [0.4, 0.5) is 11.4 Å². The highest BCUT2D eigenvalue weighted by Gasteiger charge is 2.35. The smallest absolute Gasteiger partial charge is 0.267 e. The van der Waals surface area contributed by atoms with Gasteiger partial charge in [0.25, 0.3) is 5.91 Å². The van der Waals surface area contributed by atoms with Crippen LogP contribution < -0.4 is 14.4 Å². The van der Waals surface area contributed by atoms with Gasteiger partial charge in [-0.3, -0.25) is 9.10 Å². The summed E-state index contributed by atoms with van der Waals surface area (Å²) >= 11 is 5.86. The average molecular weight is 423 g/mol. The van der Waals surface area contributed by atoms with E-state index in [1.165, 1.54) is 4.31 Å². The molecule has 0 saturated carbocycles. The molecule has 2 aromatic carbocycles. The third kappa shape index (κ3) is 4.42. The number of carbonyl (C=O) groups excluding carboxylic acids is 1. The van der Waals surface area contributed by atoms with Crippen LogP contribution in [-0.4, -0.2) is 33.2 Å². The summed E-state index contributed by atoms with van der Waals surface area (Å²) < 4.78 is 31.9. The highest BCUT2D eigenvalue weighted by molar-refractivity contribution is 7.92. The Hall–Kier alpha value is -2.25. The Morgan fingerprint density at radius 1 is 1.18 bits per heavy atom. The Balaban J connectivity index is 1.92. The van der Waals surface area contributed by atoms with Gasteiger partial charge in [0.1, 0.15) is 5.75 Å². The molecule has 0 aliphatic carbocycles. The third-order valence-corrected chi connectivity index (χ3v) is 5.90. The molecule has 1 aliphatic rings. The highest BCUT2D eigenvalue weighted by atomic mass is 35.5. The van der Waals surface area contributed by atoms with E-state index in [0.717, 1.165) is 11.8 Å². The molecular weight excluding hydrogens is 400 g/mol. The number of sulfonamides is 1. The minimum atomic E-state index is -3.59. The molecule has 28 heavy (non-hydrogen) atoms. The zero-order chi connectivity index (χ0) is 20.7. The summed E-state index contributed by atoms with van der Waals surface area (Å²) in [5.74, 6) is -0.0672. The standard InChI is InChI=1S/C20H23ClN2O4S/c1-20(2,3)13-5-10-17-16(11-13)23(28(4,25)26)12-18(27-17)19(24)22-15-8-6-14(21)7-9-15/h5-11,18H,12H2,1-4H3,(H,22,24)/t18-/m1/s1. The van der Waals surface area contributed by atoms with Crippen LogP contribution in [0.15, 0.2) is 42.5 Å². The summed E-state index contributed by atoms with van der Waals surface area (Å²) in [6.07, 6.45) is 0.151. The topological polar surface area (TPSA) is 75.7 Å². The quantitative estimate of drug-likeness (QED) is 0.816. The van der Waals surface area contributed by atoms with Gasteiger partial charge in [0.05, 0.1) is 18.5 Å². The van der Waals surface area contributed by atoms with Crippen molar-refractivity contribution >= 4 is 38.9 Å². The van der Waals surface area contributed by atoms with Crippen LogP contribution in [0.2, 0.25) is 5.02 Å². The molecule has 0 fully saturated rings. The van der Waals surface area contributed by atoms with Gasteiger partial charge in [-0.25, -0.2) is 8.42 Å². The second kappa shape index (κ2) is 7.29. The van der Waals surface area contributed by atoms with Crippen molar-refractivity contribution in [3.63, 3.8) is 0 Å². The number of carbonyl (C=O) groups is 1. The Bertz CT molecular complexity index is 998. The Labute approximate surface area is 170 Å². The van der Waals surface area contributed by atoms with Crippen molar-refractivity contribution in [2.24, 2.45) is 0 Å². The van der Waals surface area contributed by atoms with Gasteiger partial charge in [-0.2, -0.15) is 0 Å². The van der Waals surface area contributed by atoms with Crippen molar-refractivity contribution in [2.45, 2.75) is 32.3 Å². The predicted octanol–water partition coefficient (Wildman–Crippen LogP) is 3.80. The van der Waals surface area contributed by atoms with Crippen LogP contribution in [0.5, 0.6) is 5.75 Å². The van der Waals surface area contributed by atoms with E-state index in [4.69, 9.17) is 16.3 Å². The first-order chi connectivity index (χ1) is 12.9. The van der Waals surface area contributed by atoms with Crippen molar-refractivity contribution in [2.75, 3.05) is 22.4 Å². The molecule has 1 amide bonds. The lowest BCUT2D eigenvalue weighted by Gasteiger charge is -2.35. The van der Waals surface area contributed by atoms with Gasteiger partial charge in [0, 0.05) is 10.7 Å². The SMILES string of the molecule is CC(C)(C)c1ccc2c(c1)N(S(C)(=O)=O)C[C@H](C(=O)Nc1ccc(Cl)cc1)O2. The van der Waals surface area contributed by atoms with Crippen molar-refractivity contribution in [1.29, 1.82) is 0 Å². The maximum atomic E-state index is 12.7. The van der Waals surface area contributed by atoms with E-state index in [-0.39, 0.29) is 12.0 Å². The lowest BCUT2D eigenvalue weighted by molar-refractivity contribution is -0.122. The number of hydrogen-bond acceptors (Lipinski definition) is 4. The van der Waals surface area contributed by atoms with Gasteiger partial charge < -0.3 is 10.1 Å². The molecule has 3 rings (SSSR count). The molecule has 1 heterocycles. The Kier molecular flexibility index (Phi) is 5.34. The van der Waals surface area contributed by atoms with Crippen LogP contribution in [0.25, 0.3) is 0 Å². The van der Waals surface area contributed by atoms with Crippen LogP contribution in [0, 0.1) is 0 Å². The molecule has 0 spiro atoms. The summed E-state index contributed by atoms with van der Waals surface area (Å²) in [5, 5.41) is 3.29. The fourth-order valence-corrected chi connectivity index (χ4v) is 3.96. The van der Waals surface area contributed by atoms with E-state index >= 15 is 0 Å². The number of halogens is 1. The van der Waals surface area contributed by atoms with Gasteiger partial charge in [-0.1, -0.05) is 38.4 Å². The van der Waals surface area contributed by atoms with Crippen LogP contribution in [0.1, 0.15) is 26.3 Å². The number of hydrogen-bond donors (Lipinski definition) is 1. The predicted molar refractivity (Wildman–Crippen MR) is 112 cm³/mol. The van der Waals surface area contributed by atoms with Crippen LogP contribution >= 0.6 is 11.6 Å². The molecular formula is C20H23ClN2O4S. The van der Waals surface area contributed by atoms with E-state index in [1.807, 2.05) is 32.9 Å². The van der Waals surface area contributed by atoms with Crippen molar-refractivity contribution in [3.05, 3.63) is 53.1 Å². The second-order valence-corrected chi connectivity index (χ2v) is 10.2. The molecule has 0 aromatic heterocycles. The number of anilines is 2. The zero-order valence-corrected chi connectivity index (χ0v) is 17.8. The van der Waals surface area contributed by atoms with Crippen LogP contribution in [-0.2, 0) is 20.2 Å². The minimum Gasteiger partial charge on any atom is -0.476 e. The lowest BCUT2D eigenvalue weighted by atomic mass is 9.86. The first-order valence-electron chi connectivity index (χ1n) is 8.80. The molecule has 1 aliphatic heterocycles. The number of benzene rings is 2. The summed E-state index contributed by atoms with van der Waals surface area (Å²) in [5.41, 5.74) is 1.83.